The molecule has 0 aromatic carbocycles. The fourth-order valence-corrected chi connectivity index (χ4v) is 4.55. The van der Waals surface area contributed by atoms with E-state index in [0.29, 0.717) is 6.54 Å². The molecule has 2 heterocycles. The van der Waals surface area contributed by atoms with Crippen LogP contribution < -0.4 is 4.72 Å². The lowest BCUT2D eigenvalue weighted by Crippen LogP contribution is -2.39. The number of furan rings is 1. The second-order valence-corrected chi connectivity index (χ2v) is 7.24. The summed E-state index contributed by atoms with van der Waals surface area (Å²) in [5.74, 6) is 0.216. The largest absolute Gasteiger partial charge is 0.450 e. The van der Waals surface area contributed by atoms with Gasteiger partial charge in [-0.15, -0.1) is 0 Å². The van der Waals surface area contributed by atoms with Crippen LogP contribution in [-0.4, -0.2) is 44.1 Å². The molecular weight excluding hydrogens is 348 g/mol. The Bertz CT molecular complexity index is 558. The van der Waals surface area contributed by atoms with E-state index in [9.17, 15) is 8.42 Å². The third kappa shape index (κ3) is 3.43. The molecule has 0 radical (unpaired) electrons. The first-order chi connectivity index (χ1) is 9.47. The maximum Gasteiger partial charge on any atom is 0.245 e. The van der Waals surface area contributed by atoms with Gasteiger partial charge in [-0.25, -0.2) is 13.1 Å². The summed E-state index contributed by atoms with van der Waals surface area (Å²) >= 11 is 3.07. The molecule has 0 bridgehead atoms. The number of halogens is 1. The molecule has 8 heteroatoms. The Morgan fingerprint density at radius 3 is 2.95 bits per heavy atom. The Kier molecular flexibility index (Phi) is 5.25. The monoisotopic (exact) mass is 366 g/mol. The van der Waals surface area contributed by atoms with Crippen LogP contribution in [0.5, 0.6) is 0 Å². The van der Waals surface area contributed by atoms with Gasteiger partial charge in [0.25, 0.3) is 0 Å². The predicted molar refractivity (Wildman–Crippen MR) is 77.8 cm³/mol. The zero-order valence-electron chi connectivity index (χ0n) is 11.3. The maximum absolute atomic E-state index is 12.2. The number of likely N-dealkylation sites (N-methyl/N-ethyl adjacent to an activating group) is 1. The van der Waals surface area contributed by atoms with Crippen LogP contribution in [0.4, 0.5) is 0 Å². The summed E-state index contributed by atoms with van der Waals surface area (Å²) in [5.41, 5.74) is 0. The Balaban J connectivity index is 2.05. The summed E-state index contributed by atoms with van der Waals surface area (Å²) in [4.78, 5) is 2.30. The molecule has 0 amide bonds. The van der Waals surface area contributed by atoms with E-state index in [-0.39, 0.29) is 28.0 Å². The zero-order chi connectivity index (χ0) is 14.8. The lowest BCUT2D eigenvalue weighted by atomic mass is 10.2. The molecule has 1 aliphatic heterocycles. The van der Waals surface area contributed by atoms with Crippen LogP contribution in [0.25, 0.3) is 0 Å². The molecule has 1 atom stereocenters. The Morgan fingerprint density at radius 1 is 1.60 bits per heavy atom. The molecule has 0 aliphatic carbocycles. The van der Waals surface area contributed by atoms with E-state index < -0.39 is 10.0 Å². The zero-order valence-corrected chi connectivity index (χ0v) is 13.7. The van der Waals surface area contributed by atoms with E-state index >= 15 is 0 Å². The van der Waals surface area contributed by atoms with Crippen molar-refractivity contribution in [3.05, 3.63) is 16.5 Å². The number of hydrogen-bond donors (Lipinski definition) is 2. The van der Waals surface area contributed by atoms with Gasteiger partial charge >= 0.3 is 0 Å². The van der Waals surface area contributed by atoms with Crippen molar-refractivity contribution in [3.8, 4) is 0 Å². The van der Waals surface area contributed by atoms with E-state index in [1.165, 1.54) is 6.07 Å². The first-order valence-corrected chi connectivity index (χ1v) is 8.88. The van der Waals surface area contributed by atoms with Gasteiger partial charge < -0.3 is 9.52 Å². The lowest BCUT2D eigenvalue weighted by Gasteiger charge is -2.22. The van der Waals surface area contributed by atoms with Crippen LogP contribution >= 0.6 is 15.9 Å². The number of hydrogen-bond acceptors (Lipinski definition) is 5. The van der Waals surface area contributed by atoms with Crippen molar-refractivity contribution < 1.29 is 17.9 Å². The SMILES string of the molecule is CCN1CCCC1CNS(=O)(=O)c1cc(CO)oc1Br. The molecule has 2 N–H and O–H groups in total. The summed E-state index contributed by atoms with van der Waals surface area (Å²) < 4.78 is 32.3. The summed E-state index contributed by atoms with van der Waals surface area (Å²) in [5, 5.41) is 8.97. The third-order valence-electron chi connectivity index (χ3n) is 3.57. The van der Waals surface area contributed by atoms with Gasteiger partial charge in [-0.3, -0.25) is 4.90 Å². The highest BCUT2D eigenvalue weighted by atomic mass is 79.9. The van der Waals surface area contributed by atoms with Crippen LogP contribution in [0.3, 0.4) is 0 Å². The van der Waals surface area contributed by atoms with Crippen molar-refractivity contribution in [3.63, 3.8) is 0 Å². The van der Waals surface area contributed by atoms with Gasteiger partial charge in [-0.2, -0.15) is 0 Å². The van der Waals surface area contributed by atoms with Gasteiger partial charge in [0.2, 0.25) is 10.0 Å². The van der Waals surface area contributed by atoms with Crippen LogP contribution in [0.2, 0.25) is 0 Å². The fourth-order valence-electron chi connectivity index (χ4n) is 2.49. The maximum atomic E-state index is 12.2. The van der Waals surface area contributed by atoms with Gasteiger partial charge in [0, 0.05) is 18.7 Å². The van der Waals surface area contributed by atoms with Crippen molar-refractivity contribution in [2.45, 2.75) is 37.3 Å². The van der Waals surface area contributed by atoms with Crippen molar-refractivity contribution in [2.75, 3.05) is 19.6 Å². The van der Waals surface area contributed by atoms with Crippen LogP contribution in [0.1, 0.15) is 25.5 Å². The molecule has 1 fully saturated rings. The summed E-state index contributed by atoms with van der Waals surface area (Å²) in [7, 11) is -3.63. The number of aliphatic hydroxyl groups excluding tert-OH is 1. The van der Waals surface area contributed by atoms with Crippen molar-refractivity contribution in [1.29, 1.82) is 0 Å². The number of sulfonamides is 1. The van der Waals surface area contributed by atoms with E-state index in [2.05, 4.69) is 32.5 Å². The molecule has 0 saturated carbocycles. The van der Waals surface area contributed by atoms with E-state index in [1.54, 1.807) is 0 Å². The van der Waals surface area contributed by atoms with Crippen molar-refractivity contribution in [1.82, 2.24) is 9.62 Å². The molecular formula is C12H19BrN2O4S. The number of rotatable bonds is 6. The average molecular weight is 367 g/mol. The lowest BCUT2D eigenvalue weighted by molar-refractivity contribution is 0.245. The molecule has 0 spiro atoms. The quantitative estimate of drug-likeness (QED) is 0.792. The Hall–Kier alpha value is -0.410. The fraction of sp³-hybridized carbons (Fsp3) is 0.667. The molecule has 6 nitrogen and oxygen atoms in total. The molecule has 1 aromatic heterocycles. The normalized spacial score (nSPS) is 20.6. The smallest absolute Gasteiger partial charge is 0.245 e. The highest BCUT2D eigenvalue weighted by Gasteiger charge is 2.27. The summed E-state index contributed by atoms with van der Waals surface area (Å²) in [6.07, 6.45) is 2.11. The molecule has 114 valence electrons. The first-order valence-electron chi connectivity index (χ1n) is 6.60. The number of nitrogens with one attached hydrogen (secondary N) is 1. The van der Waals surface area contributed by atoms with Crippen LogP contribution in [0, 0.1) is 0 Å². The third-order valence-corrected chi connectivity index (χ3v) is 5.85. The topological polar surface area (TPSA) is 82.8 Å². The van der Waals surface area contributed by atoms with E-state index in [4.69, 9.17) is 9.52 Å². The predicted octanol–water partition coefficient (Wildman–Crippen LogP) is 1.30. The number of aliphatic hydroxyl groups is 1. The van der Waals surface area contributed by atoms with Gasteiger partial charge in [-0.1, -0.05) is 6.92 Å². The average Bonchev–Trinajstić information content (AvgIpc) is 3.02. The van der Waals surface area contributed by atoms with E-state index in [0.717, 1.165) is 25.9 Å². The first kappa shape index (κ1) is 16.0. The second-order valence-electron chi connectivity index (χ2n) is 4.79. The molecule has 1 aromatic rings. The molecule has 20 heavy (non-hydrogen) atoms. The minimum Gasteiger partial charge on any atom is -0.450 e. The minimum absolute atomic E-state index is 0.0302. The van der Waals surface area contributed by atoms with Gasteiger partial charge in [0.15, 0.2) is 4.67 Å². The molecule has 1 unspecified atom stereocenters. The summed E-state index contributed by atoms with van der Waals surface area (Å²) in [6, 6.07) is 1.58. The molecule has 2 rings (SSSR count). The van der Waals surface area contributed by atoms with Gasteiger partial charge in [-0.05, 0) is 41.9 Å². The highest BCUT2D eigenvalue weighted by molar-refractivity contribution is 9.10. The minimum atomic E-state index is -3.63. The highest BCUT2D eigenvalue weighted by Crippen LogP contribution is 2.26. The van der Waals surface area contributed by atoms with Crippen LogP contribution in [0.15, 0.2) is 20.0 Å². The Morgan fingerprint density at radius 2 is 2.35 bits per heavy atom. The van der Waals surface area contributed by atoms with Gasteiger partial charge in [0.1, 0.15) is 17.3 Å². The number of likely N-dealkylation sites (tertiary alicyclic amines) is 1. The second kappa shape index (κ2) is 6.57. The standard InChI is InChI=1S/C12H19BrN2O4S/c1-2-15-5-3-4-9(15)7-14-20(17,18)11-6-10(8-16)19-12(11)13/h6,9,14,16H,2-5,7-8H2,1H3. The van der Waals surface area contributed by atoms with Crippen molar-refractivity contribution in [2.24, 2.45) is 0 Å². The molecule has 1 aliphatic rings. The van der Waals surface area contributed by atoms with Gasteiger partial charge in [0.05, 0.1) is 0 Å². The number of nitrogens with zero attached hydrogens (tertiary/aromatic N) is 1. The Labute approximate surface area is 127 Å². The summed E-state index contributed by atoms with van der Waals surface area (Å²) in [6.45, 7) is 4.08. The van der Waals surface area contributed by atoms with Crippen molar-refractivity contribution >= 4 is 26.0 Å². The molecule has 1 saturated heterocycles. The van der Waals surface area contributed by atoms with E-state index in [1.807, 2.05) is 0 Å². The van der Waals surface area contributed by atoms with Crippen LogP contribution in [-0.2, 0) is 16.6 Å².